The van der Waals surface area contributed by atoms with Crippen LogP contribution in [-0.4, -0.2) is 27.8 Å². The third-order valence-electron chi connectivity index (χ3n) is 4.33. The number of aryl methyl sites for hydroxylation is 1. The molecule has 1 aliphatic rings. The summed E-state index contributed by atoms with van der Waals surface area (Å²) in [5.41, 5.74) is 4.45. The zero-order valence-corrected chi connectivity index (χ0v) is 15.5. The Morgan fingerprint density at radius 1 is 1.15 bits per heavy atom. The van der Waals surface area contributed by atoms with Gasteiger partial charge in [-0.3, -0.25) is 19.6 Å². The first-order valence-electron chi connectivity index (χ1n) is 8.66. The lowest BCUT2D eigenvalue weighted by atomic mass is 10.1. The first kappa shape index (κ1) is 17.4. The summed E-state index contributed by atoms with van der Waals surface area (Å²) in [6.07, 6.45) is 6.85. The Kier molecular flexibility index (Phi) is 4.68. The van der Waals surface area contributed by atoms with Gasteiger partial charge in [0.25, 0.3) is 11.8 Å². The highest BCUT2D eigenvalue weighted by molar-refractivity contribution is 7.08. The van der Waals surface area contributed by atoms with Crippen molar-refractivity contribution in [3.05, 3.63) is 64.4 Å². The van der Waals surface area contributed by atoms with E-state index in [2.05, 4.69) is 31.4 Å². The lowest BCUT2D eigenvalue weighted by Gasteiger charge is -2.08. The molecule has 1 saturated carbocycles. The van der Waals surface area contributed by atoms with Crippen LogP contribution in [0.5, 0.6) is 0 Å². The van der Waals surface area contributed by atoms with Crippen LogP contribution in [0.3, 0.4) is 0 Å². The van der Waals surface area contributed by atoms with Crippen LogP contribution >= 0.6 is 11.3 Å². The van der Waals surface area contributed by atoms with Gasteiger partial charge < -0.3 is 10.6 Å². The van der Waals surface area contributed by atoms with Crippen molar-refractivity contribution in [2.24, 2.45) is 0 Å². The monoisotopic (exact) mass is 378 g/mol. The normalized spacial score (nSPS) is 13.2. The molecular formula is C20H18N4O2S. The number of thiophene rings is 1. The second-order valence-corrected chi connectivity index (χ2v) is 7.31. The number of hydrogen-bond donors (Lipinski definition) is 2. The van der Waals surface area contributed by atoms with E-state index in [0.717, 1.165) is 24.0 Å². The SMILES string of the molecule is Cc1cscc1-c1cncc(NC(=O)c2ccnc(C(=O)NC3CC3)c2)c1. The number of nitrogens with zero attached hydrogens (tertiary/aromatic N) is 2. The van der Waals surface area contributed by atoms with E-state index in [4.69, 9.17) is 0 Å². The van der Waals surface area contributed by atoms with Crippen LogP contribution in [0.4, 0.5) is 5.69 Å². The third kappa shape index (κ3) is 4.03. The first-order valence-corrected chi connectivity index (χ1v) is 9.61. The van der Waals surface area contributed by atoms with Crippen molar-refractivity contribution in [2.75, 3.05) is 5.32 Å². The first-order chi connectivity index (χ1) is 13.1. The number of anilines is 1. The van der Waals surface area contributed by atoms with Gasteiger partial charge in [0.1, 0.15) is 5.69 Å². The molecule has 2 amide bonds. The zero-order valence-electron chi connectivity index (χ0n) is 14.7. The molecule has 0 radical (unpaired) electrons. The van der Waals surface area contributed by atoms with Crippen LogP contribution < -0.4 is 10.6 Å². The minimum atomic E-state index is -0.307. The van der Waals surface area contributed by atoms with Crippen molar-refractivity contribution in [1.29, 1.82) is 0 Å². The number of hydrogen-bond acceptors (Lipinski definition) is 5. The molecule has 4 rings (SSSR count). The van der Waals surface area contributed by atoms with Crippen LogP contribution in [0.25, 0.3) is 11.1 Å². The average molecular weight is 378 g/mol. The number of aromatic nitrogens is 2. The maximum absolute atomic E-state index is 12.6. The Morgan fingerprint density at radius 3 is 2.74 bits per heavy atom. The molecule has 27 heavy (non-hydrogen) atoms. The van der Waals surface area contributed by atoms with Gasteiger partial charge in [-0.1, -0.05) is 0 Å². The van der Waals surface area contributed by atoms with Crippen molar-refractivity contribution < 1.29 is 9.59 Å². The summed E-state index contributed by atoms with van der Waals surface area (Å²) < 4.78 is 0. The van der Waals surface area contributed by atoms with Crippen molar-refractivity contribution in [3.8, 4) is 11.1 Å². The Labute approximate surface area is 160 Å². The summed E-state index contributed by atoms with van der Waals surface area (Å²) in [6.45, 7) is 2.04. The molecule has 0 bridgehead atoms. The molecule has 0 aliphatic heterocycles. The Bertz CT molecular complexity index is 1010. The highest BCUT2D eigenvalue weighted by Gasteiger charge is 2.24. The largest absolute Gasteiger partial charge is 0.348 e. The number of carbonyl (C=O) groups excluding carboxylic acids is 2. The van der Waals surface area contributed by atoms with Gasteiger partial charge in [-0.2, -0.15) is 11.3 Å². The number of carbonyl (C=O) groups is 2. The highest BCUT2D eigenvalue weighted by Crippen LogP contribution is 2.28. The minimum Gasteiger partial charge on any atom is -0.348 e. The van der Waals surface area contributed by atoms with Crippen molar-refractivity contribution >= 4 is 28.8 Å². The molecule has 7 heteroatoms. The fraction of sp³-hybridized carbons (Fsp3) is 0.200. The predicted molar refractivity (Wildman–Crippen MR) is 105 cm³/mol. The number of rotatable bonds is 5. The predicted octanol–water partition coefficient (Wildman–Crippen LogP) is 3.66. The second kappa shape index (κ2) is 7.28. The van der Waals surface area contributed by atoms with E-state index in [-0.39, 0.29) is 23.6 Å². The van der Waals surface area contributed by atoms with Gasteiger partial charge in [0.2, 0.25) is 0 Å². The molecule has 0 spiro atoms. The fourth-order valence-corrected chi connectivity index (χ4v) is 3.56. The summed E-state index contributed by atoms with van der Waals surface area (Å²) in [5.74, 6) is -0.553. The van der Waals surface area contributed by atoms with Gasteiger partial charge in [0, 0.05) is 29.6 Å². The van der Waals surface area contributed by atoms with Crippen LogP contribution in [0.2, 0.25) is 0 Å². The summed E-state index contributed by atoms with van der Waals surface area (Å²) in [7, 11) is 0. The molecule has 0 aromatic carbocycles. The van der Waals surface area contributed by atoms with Gasteiger partial charge in [0.05, 0.1) is 11.9 Å². The smallest absolute Gasteiger partial charge is 0.270 e. The van der Waals surface area contributed by atoms with Gasteiger partial charge >= 0.3 is 0 Å². The Hall–Kier alpha value is -3.06. The summed E-state index contributed by atoms with van der Waals surface area (Å²) in [4.78, 5) is 33.0. The highest BCUT2D eigenvalue weighted by atomic mass is 32.1. The Morgan fingerprint density at radius 2 is 2.00 bits per heavy atom. The van der Waals surface area contributed by atoms with Crippen LogP contribution in [-0.2, 0) is 0 Å². The van der Waals surface area contributed by atoms with E-state index in [9.17, 15) is 9.59 Å². The molecule has 3 heterocycles. The average Bonchev–Trinajstić information content (AvgIpc) is 3.39. The molecule has 0 atom stereocenters. The molecule has 6 nitrogen and oxygen atoms in total. The lowest BCUT2D eigenvalue weighted by Crippen LogP contribution is -2.26. The van der Waals surface area contributed by atoms with E-state index >= 15 is 0 Å². The minimum absolute atomic E-state index is 0.242. The number of amides is 2. The quantitative estimate of drug-likeness (QED) is 0.710. The summed E-state index contributed by atoms with van der Waals surface area (Å²) in [5, 5.41) is 9.85. The molecule has 2 N–H and O–H groups in total. The molecule has 3 aromatic heterocycles. The Balaban J connectivity index is 1.51. The third-order valence-corrected chi connectivity index (χ3v) is 5.19. The van der Waals surface area contributed by atoms with Crippen molar-refractivity contribution in [3.63, 3.8) is 0 Å². The maximum atomic E-state index is 12.6. The number of pyridine rings is 2. The molecule has 3 aromatic rings. The van der Waals surface area contributed by atoms with Crippen LogP contribution in [0, 0.1) is 6.92 Å². The number of nitrogens with one attached hydrogen (secondary N) is 2. The second-order valence-electron chi connectivity index (χ2n) is 6.56. The van der Waals surface area contributed by atoms with E-state index in [1.807, 2.05) is 13.0 Å². The summed E-state index contributed by atoms with van der Waals surface area (Å²) >= 11 is 1.63. The van der Waals surface area contributed by atoms with Gasteiger partial charge in [-0.25, -0.2) is 0 Å². The molecule has 0 saturated heterocycles. The molecular weight excluding hydrogens is 360 g/mol. The topological polar surface area (TPSA) is 84.0 Å². The zero-order chi connectivity index (χ0) is 18.8. The van der Waals surface area contributed by atoms with Gasteiger partial charge in [-0.15, -0.1) is 0 Å². The molecule has 1 fully saturated rings. The maximum Gasteiger partial charge on any atom is 0.270 e. The molecule has 0 unspecified atom stereocenters. The van der Waals surface area contributed by atoms with E-state index in [0.29, 0.717) is 11.3 Å². The van der Waals surface area contributed by atoms with Crippen LogP contribution in [0.15, 0.2) is 47.5 Å². The van der Waals surface area contributed by atoms with Crippen LogP contribution in [0.1, 0.15) is 39.3 Å². The standard InChI is InChI=1S/C20H18N4O2S/c1-12-10-27-11-17(12)14-6-16(9-21-8-14)24-19(25)13-4-5-22-18(7-13)20(26)23-15-2-3-15/h4-11,15H,2-3H2,1H3,(H,23,26)(H,24,25). The van der Waals surface area contributed by atoms with Crippen molar-refractivity contribution in [1.82, 2.24) is 15.3 Å². The lowest BCUT2D eigenvalue weighted by molar-refractivity contribution is 0.0946. The van der Waals surface area contributed by atoms with E-state index in [1.165, 1.54) is 17.8 Å². The van der Waals surface area contributed by atoms with Gasteiger partial charge in [-0.05, 0) is 59.9 Å². The van der Waals surface area contributed by atoms with E-state index in [1.54, 1.807) is 29.8 Å². The molecule has 136 valence electrons. The fourth-order valence-electron chi connectivity index (χ4n) is 2.70. The summed E-state index contributed by atoms with van der Waals surface area (Å²) in [6, 6.07) is 5.23. The van der Waals surface area contributed by atoms with E-state index < -0.39 is 0 Å². The molecule has 1 aliphatic carbocycles. The van der Waals surface area contributed by atoms with Crippen molar-refractivity contribution in [2.45, 2.75) is 25.8 Å². The van der Waals surface area contributed by atoms with Gasteiger partial charge in [0.15, 0.2) is 0 Å².